The van der Waals surface area contributed by atoms with Gasteiger partial charge in [0.25, 0.3) is 5.56 Å². The fraction of sp³-hybridized carbons (Fsp3) is 0.240. The Morgan fingerprint density at radius 2 is 1.88 bits per heavy atom. The number of rotatable bonds is 8. The number of aromatic nitrogens is 1. The van der Waals surface area contributed by atoms with E-state index in [2.05, 4.69) is 0 Å². The van der Waals surface area contributed by atoms with Gasteiger partial charge in [-0.25, -0.2) is 4.79 Å². The van der Waals surface area contributed by atoms with Gasteiger partial charge in [0, 0.05) is 16.0 Å². The van der Waals surface area contributed by atoms with Gasteiger partial charge in [-0.3, -0.25) is 14.2 Å². The summed E-state index contributed by atoms with van der Waals surface area (Å²) in [5.41, 5.74) is 1.84. The normalized spacial score (nSPS) is 12.1. The van der Waals surface area contributed by atoms with E-state index in [9.17, 15) is 14.4 Å². The van der Waals surface area contributed by atoms with Gasteiger partial charge in [-0.1, -0.05) is 12.1 Å². The molecule has 0 N–H and O–H groups in total. The summed E-state index contributed by atoms with van der Waals surface area (Å²) < 4.78 is 12.9. The number of carbonyl (C=O) groups excluding carboxylic acids is 2. The van der Waals surface area contributed by atoms with Gasteiger partial charge in [0.2, 0.25) is 0 Å². The van der Waals surface area contributed by atoms with E-state index in [-0.39, 0.29) is 24.5 Å². The van der Waals surface area contributed by atoms with Gasteiger partial charge in [0.05, 0.1) is 30.9 Å². The molecule has 33 heavy (non-hydrogen) atoms. The molecule has 0 saturated carbocycles. The molecule has 0 bridgehead atoms. The van der Waals surface area contributed by atoms with Crippen molar-refractivity contribution in [3.05, 3.63) is 78.7 Å². The van der Waals surface area contributed by atoms with Crippen LogP contribution in [0, 0.1) is 0 Å². The summed E-state index contributed by atoms with van der Waals surface area (Å²) in [4.78, 5) is 38.5. The predicted octanol–water partition coefficient (Wildman–Crippen LogP) is 3.06. The largest absolute Gasteiger partial charge is 0.496 e. The zero-order valence-corrected chi connectivity index (χ0v) is 20.5. The lowest BCUT2D eigenvalue weighted by atomic mass is 10.1. The van der Waals surface area contributed by atoms with Gasteiger partial charge in [-0.05, 0) is 62.1 Å². The van der Waals surface area contributed by atoms with Crippen LogP contribution in [-0.4, -0.2) is 36.3 Å². The van der Waals surface area contributed by atoms with Crippen molar-refractivity contribution in [2.45, 2.75) is 25.3 Å². The fourth-order valence-corrected chi connectivity index (χ4v) is 4.66. The summed E-state index contributed by atoms with van der Waals surface area (Å²) in [6.45, 7) is 3.59. The molecule has 0 atom stereocenters. The highest BCUT2D eigenvalue weighted by Gasteiger charge is 2.13. The average Bonchev–Trinajstić information content (AvgIpc) is 3.08. The Labute approximate surface area is 200 Å². The number of benzene rings is 2. The van der Waals surface area contributed by atoms with E-state index in [4.69, 9.17) is 9.47 Å². The summed E-state index contributed by atoms with van der Waals surface area (Å²) >= 11 is 2.86. The highest BCUT2D eigenvalue weighted by atomic mass is 32.2. The van der Waals surface area contributed by atoms with Crippen LogP contribution in [0.25, 0.3) is 12.2 Å². The number of thiazole rings is 1. The molecule has 2 aromatic carbocycles. The molecule has 0 spiro atoms. The second-order valence-corrected chi connectivity index (χ2v) is 9.03. The summed E-state index contributed by atoms with van der Waals surface area (Å²) in [6, 6.07) is 13.0. The standard InChI is InChI=1S/C25H25NO5S2/c1-5-31-24(28)14-23-26(15-19-13-18(16(2)27)8-11-21(19)30-3)25(29)22(33-23)12-17-6-9-20(32-4)10-7-17/h6-14H,5,15H2,1-4H3. The molecule has 8 heteroatoms. The number of hydrogen-bond donors (Lipinski definition) is 0. The van der Waals surface area contributed by atoms with Crippen LogP contribution < -0.4 is 19.5 Å². The van der Waals surface area contributed by atoms with Crippen molar-refractivity contribution in [1.29, 1.82) is 0 Å². The van der Waals surface area contributed by atoms with E-state index < -0.39 is 5.97 Å². The third kappa shape index (κ3) is 6.03. The number of Topliss-reactive ketones (excluding diaryl/α,β-unsaturated/α-hetero) is 1. The van der Waals surface area contributed by atoms with Crippen molar-refractivity contribution in [2.75, 3.05) is 20.0 Å². The molecular formula is C25H25NO5S2. The Morgan fingerprint density at radius 3 is 2.48 bits per heavy atom. The minimum atomic E-state index is -0.521. The van der Waals surface area contributed by atoms with E-state index in [1.165, 1.54) is 36.0 Å². The van der Waals surface area contributed by atoms with Crippen molar-refractivity contribution in [3.8, 4) is 5.75 Å². The molecule has 172 valence electrons. The molecule has 0 aliphatic heterocycles. The first-order valence-electron chi connectivity index (χ1n) is 10.3. The van der Waals surface area contributed by atoms with Crippen LogP contribution >= 0.6 is 23.1 Å². The van der Waals surface area contributed by atoms with E-state index >= 15 is 0 Å². The molecule has 3 aromatic rings. The molecule has 0 aliphatic carbocycles. The number of esters is 1. The van der Waals surface area contributed by atoms with Crippen LogP contribution in [0.1, 0.15) is 35.3 Å². The summed E-state index contributed by atoms with van der Waals surface area (Å²) in [7, 11) is 1.53. The first-order valence-corrected chi connectivity index (χ1v) is 12.3. The zero-order chi connectivity index (χ0) is 24.0. The van der Waals surface area contributed by atoms with Crippen LogP contribution in [0.3, 0.4) is 0 Å². The third-order valence-corrected chi connectivity index (χ3v) is 6.70. The van der Waals surface area contributed by atoms with Gasteiger partial charge >= 0.3 is 5.97 Å². The SMILES string of the molecule is CCOC(=O)C=c1sc(=Cc2ccc(SC)cc2)c(=O)n1Cc1cc(C(C)=O)ccc1OC. The number of carbonyl (C=O) groups is 2. The molecule has 3 rings (SSSR count). The van der Waals surface area contributed by atoms with Crippen molar-refractivity contribution in [2.24, 2.45) is 0 Å². The Hall–Kier alpha value is -3.10. The van der Waals surface area contributed by atoms with Crippen molar-refractivity contribution < 1.29 is 19.1 Å². The van der Waals surface area contributed by atoms with Crippen LogP contribution in [-0.2, 0) is 16.1 Å². The number of ketones is 1. The summed E-state index contributed by atoms with van der Waals surface area (Å²) in [5.74, 6) is -0.0521. The Bertz CT molecular complexity index is 1340. The van der Waals surface area contributed by atoms with E-state index in [0.717, 1.165) is 10.5 Å². The van der Waals surface area contributed by atoms with Crippen molar-refractivity contribution >= 4 is 47.0 Å². The maximum Gasteiger partial charge on any atom is 0.333 e. The molecule has 1 heterocycles. The fourth-order valence-electron chi connectivity index (χ4n) is 3.22. The maximum atomic E-state index is 13.3. The molecule has 1 aromatic heterocycles. The van der Waals surface area contributed by atoms with E-state index in [1.807, 2.05) is 30.5 Å². The van der Waals surface area contributed by atoms with Gasteiger partial charge < -0.3 is 9.47 Å². The second kappa shape index (κ2) is 11.2. The van der Waals surface area contributed by atoms with Crippen LogP contribution in [0.15, 0.2) is 52.2 Å². The van der Waals surface area contributed by atoms with E-state index in [1.54, 1.807) is 43.0 Å². The monoisotopic (exact) mass is 483 g/mol. The summed E-state index contributed by atoms with van der Waals surface area (Å²) in [6.07, 6.45) is 5.13. The third-order valence-electron chi connectivity index (χ3n) is 4.89. The minimum Gasteiger partial charge on any atom is -0.496 e. The molecular weight excluding hydrogens is 458 g/mol. The number of hydrogen-bond acceptors (Lipinski definition) is 7. The van der Waals surface area contributed by atoms with Crippen LogP contribution in [0.5, 0.6) is 5.75 Å². The lowest BCUT2D eigenvalue weighted by molar-refractivity contribution is -0.135. The van der Waals surface area contributed by atoms with Gasteiger partial charge in [-0.2, -0.15) is 0 Å². The topological polar surface area (TPSA) is 74.6 Å². The highest BCUT2D eigenvalue weighted by Crippen LogP contribution is 2.21. The van der Waals surface area contributed by atoms with Crippen molar-refractivity contribution in [3.63, 3.8) is 0 Å². The average molecular weight is 484 g/mol. The zero-order valence-electron chi connectivity index (χ0n) is 18.9. The molecule has 6 nitrogen and oxygen atoms in total. The Morgan fingerprint density at radius 1 is 1.15 bits per heavy atom. The van der Waals surface area contributed by atoms with Gasteiger partial charge in [-0.15, -0.1) is 23.1 Å². The van der Waals surface area contributed by atoms with Gasteiger partial charge in [0.1, 0.15) is 10.4 Å². The predicted molar refractivity (Wildman–Crippen MR) is 133 cm³/mol. The number of nitrogens with zero attached hydrogens (tertiary/aromatic N) is 1. The van der Waals surface area contributed by atoms with Crippen LogP contribution in [0.2, 0.25) is 0 Å². The highest BCUT2D eigenvalue weighted by molar-refractivity contribution is 7.98. The molecule has 0 fully saturated rings. The van der Waals surface area contributed by atoms with Gasteiger partial charge in [0.15, 0.2) is 5.78 Å². The molecule has 0 saturated heterocycles. The van der Waals surface area contributed by atoms with Crippen molar-refractivity contribution in [1.82, 2.24) is 4.57 Å². The lowest BCUT2D eigenvalue weighted by Gasteiger charge is -2.10. The quantitative estimate of drug-likeness (QED) is 0.279. The summed E-state index contributed by atoms with van der Waals surface area (Å²) in [5, 5.41) is 0. The number of methoxy groups -OCH3 is 1. The lowest BCUT2D eigenvalue weighted by Crippen LogP contribution is -2.32. The first-order chi connectivity index (χ1) is 15.9. The number of ether oxygens (including phenoxy) is 2. The minimum absolute atomic E-state index is 0.0856. The molecule has 0 radical (unpaired) electrons. The maximum absolute atomic E-state index is 13.3. The molecule has 0 aliphatic rings. The van der Waals surface area contributed by atoms with Crippen LogP contribution in [0.4, 0.5) is 0 Å². The van der Waals surface area contributed by atoms with E-state index in [0.29, 0.717) is 26.1 Å². The first kappa shape index (κ1) is 24.5. The Kier molecular flexibility index (Phi) is 8.30. The second-order valence-electron chi connectivity index (χ2n) is 7.09. The Balaban J connectivity index is 2.16. The number of thioether (sulfide) groups is 1. The molecule has 0 amide bonds. The smallest absolute Gasteiger partial charge is 0.333 e. The molecule has 0 unspecified atom stereocenters.